The van der Waals surface area contributed by atoms with Crippen LogP contribution in [-0.4, -0.2) is 23.3 Å². The molecule has 0 aromatic heterocycles. The number of hydrogen-bond acceptors (Lipinski definition) is 5. The molecule has 0 aliphatic carbocycles. The van der Waals surface area contributed by atoms with Gasteiger partial charge in [0.2, 0.25) is 0 Å². The number of anilines is 1. The Hall–Kier alpha value is -3.51. The van der Waals surface area contributed by atoms with Gasteiger partial charge in [-0.2, -0.15) is 0 Å². The molecule has 6 heteroatoms. The predicted molar refractivity (Wildman–Crippen MR) is 137 cm³/mol. The van der Waals surface area contributed by atoms with Crippen molar-refractivity contribution in [2.24, 2.45) is 4.99 Å². The molecular weight excluding hydrogens is 432 g/mol. The Labute approximate surface area is 198 Å². The third-order valence-corrected chi connectivity index (χ3v) is 6.74. The molecule has 3 aromatic rings. The van der Waals surface area contributed by atoms with Crippen LogP contribution in [0.25, 0.3) is 6.08 Å². The summed E-state index contributed by atoms with van der Waals surface area (Å²) < 4.78 is 5.21. The van der Waals surface area contributed by atoms with Gasteiger partial charge in [-0.15, -0.1) is 0 Å². The van der Waals surface area contributed by atoms with E-state index in [0.717, 1.165) is 33.6 Å². The van der Waals surface area contributed by atoms with Crippen LogP contribution < -0.4 is 9.64 Å². The van der Waals surface area contributed by atoms with Gasteiger partial charge in [-0.3, -0.25) is 9.69 Å². The number of phenolic OH excluding ortho intramolecular Hbond substituents is 1. The lowest BCUT2D eigenvalue weighted by Gasteiger charge is -2.17. The van der Waals surface area contributed by atoms with Gasteiger partial charge in [-0.05, 0) is 110 Å². The van der Waals surface area contributed by atoms with Gasteiger partial charge in [0, 0.05) is 0 Å². The number of phenols is 1. The van der Waals surface area contributed by atoms with Crippen molar-refractivity contribution < 1.29 is 14.6 Å². The second-order valence-electron chi connectivity index (χ2n) is 8.11. The third-order valence-electron chi connectivity index (χ3n) is 5.77. The van der Waals surface area contributed by atoms with Gasteiger partial charge < -0.3 is 9.84 Å². The Kier molecular flexibility index (Phi) is 6.29. The zero-order valence-corrected chi connectivity index (χ0v) is 20.2. The summed E-state index contributed by atoms with van der Waals surface area (Å²) in [4.78, 5) is 20.6. The topological polar surface area (TPSA) is 62.1 Å². The van der Waals surface area contributed by atoms with Crippen molar-refractivity contribution in [2.75, 3.05) is 12.0 Å². The summed E-state index contributed by atoms with van der Waals surface area (Å²) in [5.74, 6) is 0.270. The van der Waals surface area contributed by atoms with Crippen LogP contribution in [0.3, 0.4) is 0 Å². The molecule has 1 saturated heterocycles. The summed E-state index contributed by atoms with van der Waals surface area (Å²) in [6.07, 6.45) is 1.80. The van der Waals surface area contributed by atoms with Crippen LogP contribution in [0.2, 0.25) is 0 Å². The van der Waals surface area contributed by atoms with E-state index < -0.39 is 0 Å². The van der Waals surface area contributed by atoms with Crippen molar-refractivity contribution in [3.05, 3.63) is 87.3 Å². The number of aromatic hydroxyl groups is 1. The van der Waals surface area contributed by atoms with Crippen molar-refractivity contribution in [3.63, 3.8) is 0 Å². The highest BCUT2D eigenvalue weighted by Crippen LogP contribution is 2.38. The molecule has 1 N–H and O–H groups in total. The molecule has 5 nitrogen and oxygen atoms in total. The summed E-state index contributed by atoms with van der Waals surface area (Å²) in [6.45, 7) is 8.20. The maximum absolute atomic E-state index is 13.5. The SMILES string of the molecule is COc1cc(C=C2SC(=Nc3ccc(C)c(C)c3)N(c3ccc(C)c(C)c3)C2=O)ccc1O. The van der Waals surface area contributed by atoms with Gasteiger partial charge in [-0.1, -0.05) is 18.2 Å². The maximum atomic E-state index is 13.5. The molecule has 3 aromatic carbocycles. The lowest BCUT2D eigenvalue weighted by molar-refractivity contribution is -0.113. The van der Waals surface area contributed by atoms with E-state index >= 15 is 0 Å². The van der Waals surface area contributed by atoms with Crippen LogP contribution in [0.1, 0.15) is 27.8 Å². The fraction of sp³-hybridized carbons (Fsp3) is 0.185. The molecule has 1 fully saturated rings. The summed E-state index contributed by atoms with van der Waals surface area (Å²) in [5.41, 5.74) is 6.96. The summed E-state index contributed by atoms with van der Waals surface area (Å²) in [7, 11) is 1.50. The molecule has 0 spiro atoms. The number of aryl methyl sites for hydroxylation is 4. The van der Waals surface area contributed by atoms with E-state index in [0.29, 0.717) is 15.8 Å². The van der Waals surface area contributed by atoms with E-state index in [4.69, 9.17) is 9.73 Å². The molecular formula is C27H26N2O3S. The number of carbonyl (C=O) groups is 1. The molecule has 168 valence electrons. The molecule has 0 bridgehead atoms. The fourth-order valence-electron chi connectivity index (χ4n) is 3.48. The number of rotatable bonds is 4. The minimum absolute atomic E-state index is 0.0544. The molecule has 1 aliphatic rings. The van der Waals surface area contributed by atoms with Gasteiger partial charge in [-0.25, -0.2) is 4.99 Å². The van der Waals surface area contributed by atoms with Gasteiger partial charge >= 0.3 is 0 Å². The number of amidine groups is 1. The molecule has 1 heterocycles. The summed E-state index contributed by atoms with van der Waals surface area (Å²) >= 11 is 1.33. The third kappa shape index (κ3) is 4.66. The minimum Gasteiger partial charge on any atom is -0.504 e. The Bertz CT molecular complexity index is 1310. The van der Waals surface area contributed by atoms with Crippen LogP contribution in [0, 0.1) is 27.7 Å². The van der Waals surface area contributed by atoms with Gasteiger partial charge in [0.25, 0.3) is 5.91 Å². The number of ether oxygens (including phenoxy) is 1. The van der Waals surface area contributed by atoms with E-state index in [9.17, 15) is 9.90 Å². The second kappa shape index (κ2) is 9.16. The van der Waals surface area contributed by atoms with Crippen molar-refractivity contribution >= 4 is 40.3 Å². The second-order valence-corrected chi connectivity index (χ2v) is 9.12. The average Bonchev–Trinajstić information content (AvgIpc) is 3.08. The molecule has 4 rings (SSSR count). The van der Waals surface area contributed by atoms with Gasteiger partial charge in [0.1, 0.15) is 0 Å². The van der Waals surface area contributed by atoms with Crippen molar-refractivity contribution in [1.82, 2.24) is 0 Å². The number of amides is 1. The van der Waals surface area contributed by atoms with Gasteiger partial charge in [0.05, 0.1) is 23.4 Å². The standard InChI is InChI=1S/C27H26N2O3S/c1-16-6-9-21(12-18(16)3)28-27-29(22-10-7-17(2)19(4)13-22)26(31)25(33-27)15-20-8-11-23(30)24(14-20)32-5/h6-15,30H,1-5H3. The molecule has 1 amide bonds. The monoisotopic (exact) mass is 458 g/mol. The first-order valence-corrected chi connectivity index (χ1v) is 11.4. The quantitative estimate of drug-likeness (QED) is 0.457. The highest BCUT2D eigenvalue weighted by Gasteiger charge is 2.35. The zero-order valence-electron chi connectivity index (χ0n) is 19.3. The Morgan fingerprint density at radius 1 is 0.909 bits per heavy atom. The fourth-order valence-corrected chi connectivity index (χ4v) is 4.48. The zero-order chi connectivity index (χ0) is 23.7. The first-order valence-electron chi connectivity index (χ1n) is 10.6. The lowest BCUT2D eigenvalue weighted by atomic mass is 10.1. The predicted octanol–water partition coefficient (Wildman–Crippen LogP) is 6.44. The molecule has 0 radical (unpaired) electrons. The first-order chi connectivity index (χ1) is 15.8. The smallest absolute Gasteiger partial charge is 0.271 e. The number of methoxy groups -OCH3 is 1. The van der Waals surface area contributed by atoms with E-state index in [1.807, 2.05) is 50.2 Å². The summed E-state index contributed by atoms with van der Waals surface area (Å²) in [5, 5.41) is 10.5. The lowest BCUT2D eigenvalue weighted by Crippen LogP contribution is -2.28. The van der Waals surface area contributed by atoms with Crippen LogP contribution in [-0.2, 0) is 4.79 Å². The first kappa shape index (κ1) is 22.7. The average molecular weight is 459 g/mol. The number of hydrogen-bond donors (Lipinski definition) is 1. The van der Waals surface area contributed by atoms with Crippen molar-refractivity contribution in [2.45, 2.75) is 27.7 Å². The van der Waals surface area contributed by atoms with Crippen molar-refractivity contribution in [1.29, 1.82) is 0 Å². The van der Waals surface area contributed by atoms with Crippen LogP contribution in [0.15, 0.2) is 64.5 Å². The molecule has 0 unspecified atom stereocenters. The Morgan fingerprint density at radius 2 is 1.61 bits per heavy atom. The van der Waals surface area contributed by atoms with E-state index in [1.54, 1.807) is 29.2 Å². The molecule has 0 atom stereocenters. The number of benzene rings is 3. The minimum atomic E-state index is -0.141. The number of carbonyl (C=O) groups excluding carboxylic acids is 1. The molecule has 0 saturated carbocycles. The highest BCUT2D eigenvalue weighted by molar-refractivity contribution is 8.19. The summed E-state index contributed by atoms with van der Waals surface area (Å²) in [6, 6.07) is 17.0. The van der Waals surface area contributed by atoms with E-state index in [1.165, 1.54) is 24.4 Å². The Balaban J connectivity index is 1.80. The van der Waals surface area contributed by atoms with Crippen LogP contribution in [0.4, 0.5) is 11.4 Å². The molecule has 1 aliphatic heterocycles. The van der Waals surface area contributed by atoms with Crippen LogP contribution in [0.5, 0.6) is 11.5 Å². The van der Waals surface area contributed by atoms with E-state index in [2.05, 4.69) is 13.8 Å². The van der Waals surface area contributed by atoms with Gasteiger partial charge in [0.15, 0.2) is 16.7 Å². The van der Waals surface area contributed by atoms with Crippen LogP contribution >= 0.6 is 11.8 Å². The largest absolute Gasteiger partial charge is 0.504 e. The number of aliphatic imine (C=N–C) groups is 1. The van der Waals surface area contributed by atoms with Crippen molar-refractivity contribution in [3.8, 4) is 11.5 Å². The highest BCUT2D eigenvalue weighted by atomic mass is 32.2. The molecule has 33 heavy (non-hydrogen) atoms. The normalized spacial score (nSPS) is 16.2. The Morgan fingerprint density at radius 3 is 2.27 bits per heavy atom. The number of thioether (sulfide) groups is 1. The van der Waals surface area contributed by atoms with E-state index in [-0.39, 0.29) is 11.7 Å². The maximum Gasteiger partial charge on any atom is 0.271 e. The number of nitrogens with zero attached hydrogens (tertiary/aromatic N) is 2.